The molecule has 78 valence electrons. The zero-order chi connectivity index (χ0) is 9.52. The Morgan fingerprint density at radius 2 is 1.92 bits per heavy atom. The first kappa shape index (κ1) is 11.0. The van der Waals surface area contributed by atoms with Crippen molar-refractivity contribution >= 4 is 0 Å². The summed E-state index contributed by atoms with van der Waals surface area (Å²) in [5.74, 6) is 2.02. The van der Waals surface area contributed by atoms with Crippen LogP contribution in [0.25, 0.3) is 0 Å². The van der Waals surface area contributed by atoms with Crippen molar-refractivity contribution in [2.75, 3.05) is 19.7 Å². The molecule has 1 aliphatic rings. The third-order valence-corrected chi connectivity index (χ3v) is 2.95. The summed E-state index contributed by atoms with van der Waals surface area (Å²) >= 11 is 0. The number of nitrogens with one attached hydrogen (secondary N) is 1. The molecule has 0 aromatic heterocycles. The zero-order valence-corrected chi connectivity index (χ0v) is 8.76. The van der Waals surface area contributed by atoms with Crippen LogP contribution in [0.1, 0.15) is 39.0 Å². The van der Waals surface area contributed by atoms with Gasteiger partial charge < -0.3 is 10.4 Å². The van der Waals surface area contributed by atoms with E-state index in [-0.39, 0.29) is 0 Å². The first-order valence-electron chi connectivity index (χ1n) is 5.64. The second-order valence-electron chi connectivity index (χ2n) is 4.41. The first-order chi connectivity index (χ1) is 6.33. The topological polar surface area (TPSA) is 32.3 Å². The fraction of sp³-hybridized carbons (Fsp3) is 1.00. The molecule has 0 amide bonds. The highest BCUT2D eigenvalue weighted by Crippen LogP contribution is 2.35. The van der Waals surface area contributed by atoms with Gasteiger partial charge in [0.1, 0.15) is 0 Å². The van der Waals surface area contributed by atoms with Crippen molar-refractivity contribution < 1.29 is 5.11 Å². The van der Waals surface area contributed by atoms with E-state index in [9.17, 15) is 0 Å². The minimum absolute atomic E-state index is 0.313. The molecule has 0 heterocycles. The van der Waals surface area contributed by atoms with Crippen molar-refractivity contribution in [3.63, 3.8) is 0 Å². The summed E-state index contributed by atoms with van der Waals surface area (Å²) < 4.78 is 0. The molecule has 1 rings (SSSR count). The van der Waals surface area contributed by atoms with Crippen molar-refractivity contribution in [3.8, 4) is 0 Å². The quantitative estimate of drug-likeness (QED) is 0.593. The average Bonchev–Trinajstić information content (AvgIpc) is 2.07. The van der Waals surface area contributed by atoms with Crippen LogP contribution >= 0.6 is 0 Å². The Balaban J connectivity index is 1.74. The third-order valence-electron chi connectivity index (χ3n) is 2.95. The number of hydrogen-bond donors (Lipinski definition) is 2. The molecule has 0 saturated heterocycles. The SMILES string of the molecule is CC1CC(CCCNCCCO)C1. The van der Waals surface area contributed by atoms with Gasteiger partial charge in [-0.25, -0.2) is 0 Å². The maximum Gasteiger partial charge on any atom is 0.0443 e. The molecule has 2 N–H and O–H groups in total. The number of rotatable bonds is 7. The summed E-state index contributed by atoms with van der Waals surface area (Å²) in [5, 5.41) is 11.9. The van der Waals surface area contributed by atoms with E-state index in [2.05, 4.69) is 12.2 Å². The smallest absolute Gasteiger partial charge is 0.0443 e. The molecule has 0 aliphatic heterocycles. The van der Waals surface area contributed by atoms with Crippen molar-refractivity contribution in [1.82, 2.24) is 5.32 Å². The lowest BCUT2D eigenvalue weighted by Crippen LogP contribution is -2.23. The standard InChI is InChI=1S/C11H23NO/c1-10-8-11(9-10)4-2-5-12-6-3-7-13/h10-13H,2-9H2,1H3. The molecule has 1 fully saturated rings. The van der Waals surface area contributed by atoms with Gasteiger partial charge in [-0.3, -0.25) is 0 Å². The van der Waals surface area contributed by atoms with Gasteiger partial charge in [-0.05, 0) is 57.0 Å². The Morgan fingerprint density at radius 1 is 1.23 bits per heavy atom. The molecule has 0 unspecified atom stereocenters. The van der Waals surface area contributed by atoms with Crippen LogP contribution in [0.15, 0.2) is 0 Å². The van der Waals surface area contributed by atoms with Crippen LogP contribution in [-0.4, -0.2) is 24.8 Å². The molecule has 0 aromatic carbocycles. The highest BCUT2D eigenvalue weighted by Gasteiger charge is 2.24. The molecule has 1 aliphatic carbocycles. The molecule has 0 atom stereocenters. The van der Waals surface area contributed by atoms with Crippen LogP contribution in [0.3, 0.4) is 0 Å². The Morgan fingerprint density at radius 3 is 2.54 bits per heavy atom. The summed E-state index contributed by atoms with van der Waals surface area (Å²) in [6.07, 6.45) is 6.51. The summed E-state index contributed by atoms with van der Waals surface area (Å²) in [7, 11) is 0. The molecule has 1 saturated carbocycles. The van der Waals surface area contributed by atoms with Crippen molar-refractivity contribution in [2.24, 2.45) is 11.8 Å². The van der Waals surface area contributed by atoms with Gasteiger partial charge in [0.15, 0.2) is 0 Å². The van der Waals surface area contributed by atoms with Gasteiger partial charge >= 0.3 is 0 Å². The summed E-state index contributed by atoms with van der Waals surface area (Å²) in [6, 6.07) is 0. The number of aliphatic hydroxyl groups is 1. The molecule has 0 radical (unpaired) electrons. The first-order valence-corrected chi connectivity index (χ1v) is 5.64. The molecule has 13 heavy (non-hydrogen) atoms. The van der Waals surface area contributed by atoms with Crippen LogP contribution in [0.5, 0.6) is 0 Å². The monoisotopic (exact) mass is 185 g/mol. The van der Waals surface area contributed by atoms with Crippen molar-refractivity contribution in [2.45, 2.75) is 39.0 Å². The molecule has 0 aromatic rings. The second-order valence-corrected chi connectivity index (χ2v) is 4.41. The zero-order valence-electron chi connectivity index (χ0n) is 8.76. The van der Waals surface area contributed by atoms with E-state index in [0.717, 1.165) is 31.3 Å². The number of hydrogen-bond acceptors (Lipinski definition) is 2. The van der Waals surface area contributed by atoms with Gasteiger partial charge in [0.25, 0.3) is 0 Å². The highest BCUT2D eigenvalue weighted by atomic mass is 16.3. The molecule has 2 heteroatoms. The van der Waals surface area contributed by atoms with Gasteiger partial charge in [0, 0.05) is 6.61 Å². The third kappa shape index (κ3) is 4.63. The van der Waals surface area contributed by atoms with Crippen LogP contribution in [0.4, 0.5) is 0 Å². The van der Waals surface area contributed by atoms with E-state index in [1.54, 1.807) is 0 Å². The van der Waals surface area contributed by atoms with E-state index < -0.39 is 0 Å². The van der Waals surface area contributed by atoms with Crippen LogP contribution in [-0.2, 0) is 0 Å². The van der Waals surface area contributed by atoms with Gasteiger partial charge in [-0.2, -0.15) is 0 Å². The van der Waals surface area contributed by atoms with Gasteiger partial charge in [0.2, 0.25) is 0 Å². The Labute approximate surface area is 81.7 Å². The summed E-state index contributed by atoms with van der Waals surface area (Å²) in [6.45, 7) is 4.76. The van der Waals surface area contributed by atoms with Crippen molar-refractivity contribution in [3.05, 3.63) is 0 Å². The van der Waals surface area contributed by atoms with E-state index in [1.165, 1.54) is 25.7 Å². The maximum atomic E-state index is 8.55. The normalized spacial score (nSPS) is 27.2. The largest absolute Gasteiger partial charge is 0.396 e. The average molecular weight is 185 g/mol. The van der Waals surface area contributed by atoms with E-state index in [1.807, 2.05) is 0 Å². The minimum atomic E-state index is 0.313. The summed E-state index contributed by atoms with van der Waals surface area (Å²) in [4.78, 5) is 0. The lowest BCUT2D eigenvalue weighted by atomic mass is 9.74. The molecule has 0 bridgehead atoms. The predicted octanol–water partition coefficient (Wildman–Crippen LogP) is 1.78. The lowest BCUT2D eigenvalue weighted by Gasteiger charge is -2.32. The second kappa shape index (κ2) is 6.39. The Hall–Kier alpha value is -0.0800. The van der Waals surface area contributed by atoms with Gasteiger partial charge in [0.05, 0.1) is 0 Å². The molecular formula is C11H23NO. The Kier molecular flexibility index (Phi) is 5.40. The van der Waals surface area contributed by atoms with Crippen LogP contribution in [0, 0.1) is 11.8 Å². The lowest BCUT2D eigenvalue weighted by molar-refractivity contribution is 0.196. The fourth-order valence-electron chi connectivity index (χ4n) is 2.15. The van der Waals surface area contributed by atoms with E-state index >= 15 is 0 Å². The van der Waals surface area contributed by atoms with Crippen molar-refractivity contribution in [1.29, 1.82) is 0 Å². The minimum Gasteiger partial charge on any atom is -0.396 e. The van der Waals surface area contributed by atoms with E-state index in [0.29, 0.717) is 6.61 Å². The molecule has 0 spiro atoms. The number of aliphatic hydroxyl groups excluding tert-OH is 1. The fourth-order valence-corrected chi connectivity index (χ4v) is 2.15. The van der Waals surface area contributed by atoms with Crippen LogP contribution < -0.4 is 5.32 Å². The predicted molar refractivity (Wildman–Crippen MR) is 55.7 cm³/mol. The highest BCUT2D eigenvalue weighted by molar-refractivity contribution is 4.76. The van der Waals surface area contributed by atoms with E-state index in [4.69, 9.17) is 5.11 Å². The molecular weight excluding hydrogens is 162 g/mol. The van der Waals surface area contributed by atoms with Crippen LogP contribution in [0.2, 0.25) is 0 Å². The molecule has 2 nitrogen and oxygen atoms in total. The Bertz CT molecular complexity index is 121. The maximum absolute atomic E-state index is 8.55. The van der Waals surface area contributed by atoms with Gasteiger partial charge in [-0.1, -0.05) is 6.92 Å². The van der Waals surface area contributed by atoms with Gasteiger partial charge in [-0.15, -0.1) is 0 Å². The summed E-state index contributed by atoms with van der Waals surface area (Å²) in [5.41, 5.74) is 0.